The quantitative estimate of drug-likeness (QED) is 0.631. The molecule has 1 fully saturated rings. The lowest BCUT2D eigenvalue weighted by molar-refractivity contribution is 0.207. The first-order valence-corrected chi connectivity index (χ1v) is 5.52. The summed E-state index contributed by atoms with van der Waals surface area (Å²) in [4.78, 5) is 0. The van der Waals surface area contributed by atoms with Gasteiger partial charge in [-0.15, -0.1) is 0 Å². The Morgan fingerprint density at radius 3 is 2.93 bits per heavy atom. The molecule has 0 aromatic carbocycles. The second-order valence-corrected chi connectivity index (χ2v) is 4.35. The minimum absolute atomic E-state index is 0.271. The number of hydrogen-bond donors (Lipinski definition) is 2. The molecule has 3 rings (SSSR count). The summed E-state index contributed by atoms with van der Waals surface area (Å²) in [6, 6.07) is 4.45. The molecule has 0 amide bonds. The van der Waals surface area contributed by atoms with Crippen LogP contribution >= 0.6 is 0 Å². The number of rotatable bonds is 0. The number of piperidine rings is 1. The van der Waals surface area contributed by atoms with Crippen LogP contribution < -0.4 is 10.6 Å². The summed E-state index contributed by atoms with van der Waals surface area (Å²) in [5.74, 6) is 0. The van der Waals surface area contributed by atoms with Gasteiger partial charge in [0, 0.05) is 25.0 Å². The molecule has 76 valence electrons. The Morgan fingerprint density at radius 2 is 2.07 bits per heavy atom. The van der Waals surface area contributed by atoms with Crippen molar-refractivity contribution in [3.8, 4) is 0 Å². The minimum atomic E-state index is 0.271. The molecule has 0 saturated carbocycles. The zero-order valence-electron chi connectivity index (χ0n) is 8.42. The molecule has 2 aliphatic heterocycles. The molecule has 3 heterocycles. The van der Waals surface area contributed by atoms with Crippen LogP contribution in [0.3, 0.4) is 0 Å². The van der Waals surface area contributed by atoms with E-state index in [4.69, 9.17) is 0 Å². The molecule has 3 heteroatoms. The molecule has 0 atom stereocenters. The lowest BCUT2D eigenvalue weighted by Gasteiger charge is -2.42. The van der Waals surface area contributed by atoms with Gasteiger partial charge in [0.05, 0.1) is 5.54 Å². The van der Waals surface area contributed by atoms with Gasteiger partial charge in [-0.25, -0.2) is 0 Å². The van der Waals surface area contributed by atoms with Crippen molar-refractivity contribution in [1.29, 1.82) is 0 Å². The third-order valence-electron chi connectivity index (χ3n) is 3.59. The van der Waals surface area contributed by atoms with Crippen LogP contribution in [0.1, 0.15) is 18.5 Å². The van der Waals surface area contributed by atoms with Gasteiger partial charge in [-0.1, -0.05) is 0 Å². The van der Waals surface area contributed by atoms with E-state index >= 15 is 0 Å². The molecular formula is C11H17N3. The number of nitrogens with one attached hydrogen (secondary N) is 2. The Balaban J connectivity index is 2.01. The fraction of sp³-hybridized carbons (Fsp3) is 0.636. The predicted molar refractivity (Wildman–Crippen MR) is 56.2 cm³/mol. The van der Waals surface area contributed by atoms with Gasteiger partial charge in [-0.05, 0) is 38.1 Å². The third-order valence-corrected chi connectivity index (χ3v) is 3.59. The third kappa shape index (κ3) is 1.12. The monoisotopic (exact) mass is 191 g/mol. The van der Waals surface area contributed by atoms with Gasteiger partial charge >= 0.3 is 0 Å². The van der Waals surface area contributed by atoms with Crippen molar-refractivity contribution < 1.29 is 0 Å². The lowest BCUT2D eigenvalue weighted by Crippen LogP contribution is -2.54. The molecule has 1 spiro atoms. The molecule has 14 heavy (non-hydrogen) atoms. The summed E-state index contributed by atoms with van der Waals surface area (Å²) in [5, 5.41) is 7.15. The van der Waals surface area contributed by atoms with Gasteiger partial charge in [0.2, 0.25) is 0 Å². The first kappa shape index (κ1) is 8.50. The highest BCUT2D eigenvalue weighted by molar-refractivity contribution is 5.21. The maximum absolute atomic E-state index is 3.72. The van der Waals surface area contributed by atoms with Crippen LogP contribution in [0.5, 0.6) is 0 Å². The number of hydrogen-bond acceptors (Lipinski definition) is 2. The van der Waals surface area contributed by atoms with Gasteiger partial charge in [-0.3, -0.25) is 0 Å². The highest BCUT2D eigenvalue weighted by Crippen LogP contribution is 2.32. The van der Waals surface area contributed by atoms with Gasteiger partial charge in [0.1, 0.15) is 0 Å². The van der Waals surface area contributed by atoms with Gasteiger partial charge < -0.3 is 15.2 Å². The first-order chi connectivity index (χ1) is 6.91. The molecule has 3 nitrogen and oxygen atoms in total. The van der Waals surface area contributed by atoms with Crippen molar-refractivity contribution in [3.05, 3.63) is 24.0 Å². The van der Waals surface area contributed by atoms with Crippen LogP contribution in [0.4, 0.5) is 0 Å². The van der Waals surface area contributed by atoms with E-state index in [-0.39, 0.29) is 5.54 Å². The van der Waals surface area contributed by atoms with Crippen LogP contribution in [0.2, 0.25) is 0 Å². The zero-order valence-corrected chi connectivity index (χ0v) is 8.42. The Bertz CT molecular complexity index is 323. The summed E-state index contributed by atoms with van der Waals surface area (Å²) < 4.78 is 2.40. The van der Waals surface area contributed by atoms with E-state index in [1.807, 2.05) is 0 Å². The fourth-order valence-electron chi connectivity index (χ4n) is 2.84. The predicted octanol–water partition coefficient (Wildman–Crippen LogP) is 0.670. The number of aromatic nitrogens is 1. The molecular weight excluding hydrogens is 174 g/mol. The molecule has 1 saturated heterocycles. The minimum Gasteiger partial charge on any atom is -0.348 e. The van der Waals surface area contributed by atoms with E-state index in [0.717, 1.165) is 26.2 Å². The molecule has 0 radical (unpaired) electrons. The molecule has 2 aliphatic rings. The fourth-order valence-corrected chi connectivity index (χ4v) is 2.84. The van der Waals surface area contributed by atoms with Crippen molar-refractivity contribution >= 4 is 0 Å². The Labute approximate surface area is 84.5 Å². The Morgan fingerprint density at radius 1 is 1.21 bits per heavy atom. The topological polar surface area (TPSA) is 29.0 Å². The summed E-state index contributed by atoms with van der Waals surface area (Å²) in [6.45, 7) is 4.51. The zero-order chi connectivity index (χ0) is 9.43. The number of nitrogens with zero attached hydrogens (tertiary/aromatic N) is 1. The van der Waals surface area contributed by atoms with E-state index in [0.29, 0.717) is 0 Å². The second kappa shape index (κ2) is 3.11. The molecule has 2 N–H and O–H groups in total. The van der Waals surface area contributed by atoms with Crippen molar-refractivity contribution in [2.24, 2.45) is 0 Å². The van der Waals surface area contributed by atoms with Crippen molar-refractivity contribution in [2.45, 2.75) is 24.9 Å². The summed E-state index contributed by atoms with van der Waals surface area (Å²) in [6.07, 6.45) is 4.65. The van der Waals surface area contributed by atoms with Gasteiger partial charge in [-0.2, -0.15) is 0 Å². The van der Waals surface area contributed by atoms with Crippen LogP contribution in [-0.2, 0) is 12.1 Å². The molecule has 1 aromatic rings. The maximum atomic E-state index is 3.72. The highest BCUT2D eigenvalue weighted by atomic mass is 15.1. The van der Waals surface area contributed by atoms with Gasteiger partial charge in [0.25, 0.3) is 0 Å². The molecule has 0 bridgehead atoms. The highest BCUT2D eigenvalue weighted by Gasteiger charge is 2.37. The summed E-state index contributed by atoms with van der Waals surface area (Å²) in [5.41, 5.74) is 1.76. The first-order valence-electron chi connectivity index (χ1n) is 5.52. The largest absolute Gasteiger partial charge is 0.348 e. The maximum Gasteiger partial charge on any atom is 0.0613 e. The van der Waals surface area contributed by atoms with E-state index in [1.54, 1.807) is 0 Å². The average molecular weight is 191 g/mol. The second-order valence-electron chi connectivity index (χ2n) is 4.35. The van der Waals surface area contributed by atoms with E-state index in [9.17, 15) is 0 Å². The van der Waals surface area contributed by atoms with Gasteiger partial charge in [0.15, 0.2) is 0 Å². The van der Waals surface area contributed by atoms with Crippen LogP contribution in [0.25, 0.3) is 0 Å². The van der Waals surface area contributed by atoms with Crippen LogP contribution in [0, 0.1) is 0 Å². The van der Waals surface area contributed by atoms with Crippen molar-refractivity contribution in [2.75, 3.05) is 19.6 Å². The van der Waals surface area contributed by atoms with Crippen LogP contribution in [-0.4, -0.2) is 24.2 Å². The van der Waals surface area contributed by atoms with Crippen molar-refractivity contribution in [1.82, 2.24) is 15.2 Å². The number of fused-ring (bicyclic) bond motifs is 2. The SMILES string of the molecule is c1cc2n(c1)CCNC21CCNCC1. The molecule has 0 aliphatic carbocycles. The van der Waals surface area contributed by atoms with E-state index in [2.05, 4.69) is 33.5 Å². The smallest absolute Gasteiger partial charge is 0.0613 e. The van der Waals surface area contributed by atoms with E-state index < -0.39 is 0 Å². The van der Waals surface area contributed by atoms with E-state index in [1.165, 1.54) is 18.5 Å². The average Bonchev–Trinajstić information content (AvgIpc) is 2.69. The van der Waals surface area contributed by atoms with Crippen LogP contribution in [0.15, 0.2) is 18.3 Å². The Kier molecular flexibility index (Phi) is 1.89. The normalized spacial score (nSPS) is 24.9. The molecule has 0 unspecified atom stereocenters. The standard InChI is InChI=1S/C11H17N3/c1-2-10-11(3-5-12-6-4-11)13-7-9-14(10)8-1/h1-2,8,12-13H,3-7,9H2. The summed E-state index contributed by atoms with van der Waals surface area (Å²) >= 11 is 0. The summed E-state index contributed by atoms with van der Waals surface area (Å²) in [7, 11) is 0. The Hall–Kier alpha value is -0.800. The lowest BCUT2D eigenvalue weighted by atomic mass is 9.84. The van der Waals surface area contributed by atoms with Crippen molar-refractivity contribution in [3.63, 3.8) is 0 Å². The molecule has 1 aromatic heterocycles.